The molecule has 4 nitrogen and oxygen atoms in total. The zero-order valence-electron chi connectivity index (χ0n) is 11.0. The summed E-state index contributed by atoms with van der Waals surface area (Å²) in [6.45, 7) is 0. The van der Waals surface area contributed by atoms with Crippen molar-refractivity contribution >= 4 is 43.2 Å². The molecule has 21 heavy (non-hydrogen) atoms. The summed E-state index contributed by atoms with van der Waals surface area (Å²) < 4.78 is 25.4. The molecule has 0 aliphatic rings. The highest BCUT2D eigenvalue weighted by atomic mass is 32.2. The van der Waals surface area contributed by atoms with E-state index in [0.29, 0.717) is 10.6 Å². The maximum atomic E-state index is 12.2. The van der Waals surface area contributed by atoms with Crippen molar-refractivity contribution in [1.29, 1.82) is 0 Å². The number of aromatic nitrogens is 2. The van der Waals surface area contributed by atoms with Gasteiger partial charge in [0.2, 0.25) is 0 Å². The van der Waals surface area contributed by atoms with E-state index in [-0.39, 0.29) is 5.75 Å². The molecule has 0 aliphatic carbocycles. The van der Waals surface area contributed by atoms with E-state index in [2.05, 4.69) is 9.97 Å². The van der Waals surface area contributed by atoms with Gasteiger partial charge in [0.1, 0.15) is 11.4 Å². The van der Waals surface area contributed by atoms with Crippen molar-refractivity contribution in [3.63, 3.8) is 0 Å². The summed E-state index contributed by atoms with van der Waals surface area (Å²) >= 11 is 3.03. The molecule has 0 radical (unpaired) electrons. The van der Waals surface area contributed by atoms with Crippen LogP contribution in [-0.4, -0.2) is 29.9 Å². The van der Waals surface area contributed by atoms with Gasteiger partial charge >= 0.3 is 0 Å². The Labute approximate surface area is 131 Å². The van der Waals surface area contributed by atoms with Crippen molar-refractivity contribution in [3.8, 4) is 0 Å². The van der Waals surface area contributed by atoms with E-state index < -0.39 is 9.84 Å². The quantitative estimate of drug-likeness (QED) is 0.529. The third kappa shape index (κ3) is 3.25. The number of benzene rings is 1. The van der Waals surface area contributed by atoms with Gasteiger partial charge in [-0.3, -0.25) is 0 Å². The lowest BCUT2D eigenvalue weighted by Crippen LogP contribution is -2.08. The molecule has 1 aromatic carbocycles. The second-order valence-electron chi connectivity index (χ2n) is 4.29. The summed E-state index contributed by atoms with van der Waals surface area (Å²) in [6, 6.07) is 10.5. The average Bonchev–Trinajstić information content (AvgIpc) is 2.97. The first-order valence-electron chi connectivity index (χ1n) is 6.26. The fourth-order valence-corrected chi connectivity index (χ4v) is 5.48. The molecule has 0 fully saturated rings. The topological polar surface area (TPSA) is 59.9 Å². The number of sulfone groups is 1. The van der Waals surface area contributed by atoms with Crippen molar-refractivity contribution < 1.29 is 8.42 Å². The third-order valence-corrected chi connectivity index (χ3v) is 6.92. The van der Waals surface area contributed by atoms with Crippen molar-refractivity contribution in [3.05, 3.63) is 48.1 Å². The molecule has 7 heteroatoms. The van der Waals surface area contributed by atoms with Gasteiger partial charge in [-0.1, -0.05) is 18.2 Å². The Morgan fingerprint density at radius 1 is 1.10 bits per heavy atom. The van der Waals surface area contributed by atoms with E-state index in [1.807, 2.05) is 17.5 Å². The highest BCUT2D eigenvalue weighted by Gasteiger charge is 2.14. The van der Waals surface area contributed by atoms with Gasteiger partial charge in [0.05, 0.1) is 20.9 Å². The van der Waals surface area contributed by atoms with Gasteiger partial charge in [0, 0.05) is 5.75 Å². The molecule has 0 amide bonds. The van der Waals surface area contributed by atoms with Crippen molar-refractivity contribution in [2.24, 2.45) is 0 Å². The zero-order valence-corrected chi connectivity index (χ0v) is 13.4. The Kier molecular flexibility index (Phi) is 4.23. The number of rotatable bonds is 5. The number of thiophene rings is 1. The van der Waals surface area contributed by atoms with Crippen molar-refractivity contribution in [1.82, 2.24) is 9.97 Å². The smallest absolute Gasteiger partial charge is 0.179 e. The molecule has 0 aliphatic heterocycles. The average molecular weight is 336 g/mol. The van der Waals surface area contributed by atoms with E-state index >= 15 is 0 Å². The molecule has 108 valence electrons. The minimum absolute atomic E-state index is 0.0958. The second kappa shape index (κ2) is 6.13. The van der Waals surface area contributed by atoms with Crippen LogP contribution in [0.15, 0.2) is 58.0 Å². The molecule has 3 aromatic rings. The van der Waals surface area contributed by atoms with E-state index in [1.54, 1.807) is 35.6 Å². The summed E-state index contributed by atoms with van der Waals surface area (Å²) in [5.74, 6) is 0.569. The number of thioether (sulfide) groups is 1. The molecular weight excluding hydrogens is 324 g/mol. The van der Waals surface area contributed by atoms with Gasteiger partial charge in [-0.2, -0.15) is 0 Å². The largest absolute Gasteiger partial charge is 0.235 e. The highest BCUT2D eigenvalue weighted by Crippen LogP contribution is 2.29. The van der Waals surface area contributed by atoms with Gasteiger partial charge in [0.15, 0.2) is 9.84 Å². The highest BCUT2D eigenvalue weighted by molar-refractivity contribution is 8.01. The zero-order chi connectivity index (χ0) is 14.7. The molecule has 2 aromatic heterocycles. The lowest BCUT2D eigenvalue weighted by atomic mass is 10.4. The molecule has 0 atom stereocenters. The Hall–Kier alpha value is -1.44. The summed E-state index contributed by atoms with van der Waals surface area (Å²) in [5, 5.41) is 2.81. The van der Waals surface area contributed by atoms with Crippen LogP contribution in [0.4, 0.5) is 0 Å². The summed E-state index contributed by atoms with van der Waals surface area (Å²) in [6.07, 6.45) is 1.52. The Morgan fingerprint density at radius 2 is 1.90 bits per heavy atom. The van der Waals surface area contributed by atoms with Crippen LogP contribution < -0.4 is 0 Å². The lowest BCUT2D eigenvalue weighted by Gasteiger charge is -2.04. The first kappa shape index (κ1) is 14.5. The Bertz CT molecular complexity index is 845. The lowest BCUT2D eigenvalue weighted by molar-refractivity contribution is 0.597. The van der Waals surface area contributed by atoms with Crippen LogP contribution in [-0.2, 0) is 9.84 Å². The summed E-state index contributed by atoms with van der Waals surface area (Å²) in [7, 11) is -3.23. The standard InChI is InChI=1S/C14H12N2O2S3/c17-21(18,11-4-2-1-3-5-11)9-8-20-14-13-12(6-7-19-13)15-10-16-14/h1-7,10H,8-9H2. The molecule has 2 heterocycles. The third-order valence-electron chi connectivity index (χ3n) is 2.90. The van der Waals surface area contributed by atoms with Crippen molar-refractivity contribution in [2.75, 3.05) is 11.5 Å². The molecule has 0 spiro atoms. The van der Waals surface area contributed by atoms with Crippen LogP contribution in [0.2, 0.25) is 0 Å². The van der Waals surface area contributed by atoms with E-state index in [4.69, 9.17) is 0 Å². The van der Waals surface area contributed by atoms with Gasteiger partial charge in [-0.15, -0.1) is 23.1 Å². The Morgan fingerprint density at radius 3 is 2.71 bits per heavy atom. The first-order valence-corrected chi connectivity index (χ1v) is 9.77. The number of hydrogen-bond acceptors (Lipinski definition) is 6. The van der Waals surface area contributed by atoms with Gasteiger partial charge in [-0.05, 0) is 23.6 Å². The maximum Gasteiger partial charge on any atom is 0.179 e. The first-order chi connectivity index (χ1) is 10.2. The van der Waals surface area contributed by atoms with E-state index in [1.165, 1.54) is 18.1 Å². The minimum Gasteiger partial charge on any atom is -0.235 e. The molecule has 0 bridgehead atoms. The predicted molar refractivity (Wildman–Crippen MR) is 86.6 cm³/mol. The van der Waals surface area contributed by atoms with Crippen molar-refractivity contribution in [2.45, 2.75) is 9.92 Å². The molecule has 0 saturated heterocycles. The summed E-state index contributed by atoms with van der Waals surface area (Å²) in [5.41, 5.74) is 0.906. The van der Waals surface area contributed by atoms with E-state index in [9.17, 15) is 8.42 Å². The van der Waals surface area contributed by atoms with Gasteiger partial charge < -0.3 is 0 Å². The fourth-order valence-electron chi connectivity index (χ4n) is 1.86. The van der Waals surface area contributed by atoms with Gasteiger partial charge in [-0.25, -0.2) is 18.4 Å². The molecule has 3 rings (SSSR count). The number of nitrogens with zero attached hydrogens (tertiary/aromatic N) is 2. The van der Waals surface area contributed by atoms with Crippen LogP contribution >= 0.6 is 23.1 Å². The van der Waals surface area contributed by atoms with Crippen LogP contribution in [0.1, 0.15) is 0 Å². The molecule has 0 N–H and O–H groups in total. The Balaban J connectivity index is 1.70. The fraction of sp³-hybridized carbons (Fsp3) is 0.143. The molecule has 0 saturated carbocycles. The molecule has 0 unspecified atom stereocenters. The van der Waals surface area contributed by atoms with Crippen LogP contribution in [0, 0.1) is 0 Å². The number of fused-ring (bicyclic) bond motifs is 1. The normalized spacial score (nSPS) is 11.8. The van der Waals surface area contributed by atoms with Gasteiger partial charge in [0.25, 0.3) is 0 Å². The predicted octanol–water partition coefficient (Wildman–Crippen LogP) is 3.26. The SMILES string of the molecule is O=S(=O)(CCSc1ncnc2ccsc12)c1ccccc1. The maximum absolute atomic E-state index is 12.2. The van der Waals surface area contributed by atoms with Crippen LogP contribution in [0.25, 0.3) is 10.2 Å². The second-order valence-corrected chi connectivity index (χ2v) is 8.40. The van der Waals surface area contributed by atoms with Crippen LogP contribution in [0.3, 0.4) is 0 Å². The minimum atomic E-state index is -3.23. The monoisotopic (exact) mass is 336 g/mol. The summed E-state index contributed by atoms with van der Waals surface area (Å²) in [4.78, 5) is 8.78. The number of hydrogen-bond donors (Lipinski definition) is 0. The van der Waals surface area contributed by atoms with E-state index in [0.717, 1.165) is 15.2 Å². The molecular formula is C14H12N2O2S3. The van der Waals surface area contributed by atoms with Crippen LogP contribution in [0.5, 0.6) is 0 Å².